The molecule has 0 spiro atoms. The Morgan fingerprint density at radius 2 is 1.61 bits per heavy atom. The van der Waals surface area contributed by atoms with E-state index < -0.39 is 11.9 Å². The highest BCUT2D eigenvalue weighted by atomic mass is 32.2. The first-order chi connectivity index (χ1) is 38.2. The molecule has 2 bridgehead atoms. The molecule has 3 N–H and O–H groups in total. The first-order valence-electron chi connectivity index (χ1n) is 29.0. The van der Waals surface area contributed by atoms with E-state index in [-0.39, 0.29) is 72.1 Å². The minimum Gasteiger partial charge on any atom is -0.481 e. The van der Waals surface area contributed by atoms with Gasteiger partial charge in [0.1, 0.15) is 29.2 Å². The van der Waals surface area contributed by atoms with E-state index in [1.54, 1.807) is 54.8 Å². The number of ether oxygens (including phenoxy) is 1. The molecule has 3 saturated heterocycles. The van der Waals surface area contributed by atoms with Crippen molar-refractivity contribution in [1.29, 1.82) is 0 Å². The number of aryl methyl sites for hydroxylation is 2. The fraction of sp³-hybridized carbons (Fsp3) is 0.574. The zero-order valence-electron chi connectivity index (χ0n) is 47.0. The highest BCUT2D eigenvalue weighted by Crippen LogP contribution is 2.44. The number of unbranched alkanes of at least 4 members (excludes halogenated alkanes) is 5. The molecule has 9 rings (SSSR count). The van der Waals surface area contributed by atoms with Crippen LogP contribution in [0, 0.1) is 24.6 Å². The van der Waals surface area contributed by atoms with Gasteiger partial charge >= 0.3 is 0 Å². The molecule has 5 aliphatic heterocycles. The predicted molar refractivity (Wildman–Crippen MR) is 309 cm³/mol. The molecule has 16 nitrogen and oxygen atoms in total. The number of rotatable bonds is 23. The second kappa shape index (κ2) is 26.5. The molecule has 0 saturated carbocycles. The quantitative estimate of drug-likeness (QED) is 0.0529. The Morgan fingerprint density at radius 3 is 2.37 bits per heavy atom. The van der Waals surface area contributed by atoms with Crippen LogP contribution in [0.25, 0.3) is 11.1 Å². The Kier molecular flexibility index (Phi) is 19.4. The van der Waals surface area contributed by atoms with E-state index in [4.69, 9.17) is 20.6 Å². The number of ketones is 3. The van der Waals surface area contributed by atoms with Gasteiger partial charge in [-0.05, 0) is 134 Å². The van der Waals surface area contributed by atoms with Crippen molar-refractivity contribution < 1.29 is 33.1 Å². The van der Waals surface area contributed by atoms with Crippen molar-refractivity contribution in [3.8, 4) is 17.0 Å². The van der Waals surface area contributed by atoms with Gasteiger partial charge in [-0.3, -0.25) is 29.0 Å². The van der Waals surface area contributed by atoms with Crippen molar-refractivity contribution in [2.24, 2.45) is 16.8 Å². The summed E-state index contributed by atoms with van der Waals surface area (Å²) in [5, 5.41) is 8.93. The van der Waals surface area contributed by atoms with Gasteiger partial charge in [0.2, 0.25) is 11.8 Å². The number of nitrogens with zero attached hydrogens (tertiary/aromatic N) is 8. The zero-order chi connectivity index (χ0) is 55.7. The van der Waals surface area contributed by atoms with Gasteiger partial charge < -0.3 is 35.4 Å². The number of carbonyl (C=O) groups is 5. The van der Waals surface area contributed by atoms with Crippen molar-refractivity contribution >= 4 is 57.5 Å². The number of fused-ring (bicyclic) bond motifs is 8. The second-order valence-corrected chi connectivity index (χ2v) is 23.7. The van der Waals surface area contributed by atoms with E-state index in [2.05, 4.69) is 20.1 Å². The van der Waals surface area contributed by atoms with Crippen LogP contribution >= 0.6 is 11.8 Å². The number of methoxy groups -OCH3 is 1. The Bertz CT molecular complexity index is 2870. The number of benzene rings is 2. The summed E-state index contributed by atoms with van der Waals surface area (Å²) < 4.78 is 22.6. The van der Waals surface area contributed by atoms with Crippen LogP contribution in [0.1, 0.15) is 153 Å². The van der Waals surface area contributed by atoms with Crippen LogP contribution in [0.4, 0.5) is 15.9 Å². The second-order valence-electron chi connectivity index (χ2n) is 22.6. The third kappa shape index (κ3) is 13.5. The number of thioether (sulfide) groups is 1. The number of hydrogen-bond donors (Lipinski definition) is 2. The lowest BCUT2D eigenvalue weighted by atomic mass is 9.79. The number of piperidine rings is 1. The molecule has 7 heterocycles. The number of amides is 2. The number of carbonyl (C=O) groups excluding carboxylic acids is 5. The fourth-order valence-electron chi connectivity index (χ4n) is 12.6. The van der Waals surface area contributed by atoms with Gasteiger partial charge in [-0.1, -0.05) is 55.5 Å². The number of halogens is 1. The molecular weight excluding hydrogens is 1020 g/mol. The van der Waals surface area contributed by atoms with Gasteiger partial charge in [0.25, 0.3) is 5.91 Å². The monoisotopic (exact) mass is 1100 g/mol. The predicted octanol–water partition coefficient (Wildman–Crippen LogP) is 9.27. The van der Waals surface area contributed by atoms with Crippen molar-refractivity contribution in [3.63, 3.8) is 0 Å². The molecule has 2 amide bonds. The number of nitrogen functional groups attached to an aromatic ring is 1. The Morgan fingerprint density at radius 1 is 0.886 bits per heavy atom. The lowest BCUT2D eigenvalue weighted by Crippen LogP contribution is -2.48. The lowest BCUT2D eigenvalue weighted by Gasteiger charge is -2.38. The highest BCUT2D eigenvalue weighted by Gasteiger charge is 2.43. The Labute approximate surface area is 469 Å². The summed E-state index contributed by atoms with van der Waals surface area (Å²) >= 11 is 1.60. The van der Waals surface area contributed by atoms with Gasteiger partial charge in [0, 0.05) is 80.5 Å². The molecule has 5 atom stereocenters. The van der Waals surface area contributed by atoms with Crippen LogP contribution in [-0.2, 0) is 27.5 Å². The zero-order valence-corrected chi connectivity index (χ0v) is 47.8. The van der Waals surface area contributed by atoms with Crippen LogP contribution in [-0.4, -0.2) is 141 Å². The maximum atomic E-state index is 14.8. The number of likely N-dealkylation sites (tertiary alicyclic amines) is 2. The van der Waals surface area contributed by atoms with E-state index in [0.717, 1.165) is 118 Å². The molecule has 3 fully saturated rings. The average Bonchev–Trinajstić information content (AvgIpc) is 4.36. The summed E-state index contributed by atoms with van der Waals surface area (Å²) in [6, 6.07) is 12.8. The molecule has 424 valence electrons. The molecule has 18 heteroatoms. The summed E-state index contributed by atoms with van der Waals surface area (Å²) in [4.78, 5) is 86.5. The van der Waals surface area contributed by atoms with Crippen molar-refractivity contribution in [2.45, 2.75) is 154 Å². The molecule has 79 heavy (non-hydrogen) atoms. The summed E-state index contributed by atoms with van der Waals surface area (Å²) in [6.45, 7) is 8.66. The van der Waals surface area contributed by atoms with Crippen molar-refractivity contribution in [1.82, 2.24) is 34.8 Å². The van der Waals surface area contributed by atoms with Gasteiger partial charge in [0.05, 0.1) is 53.8 Å². The maximum Gasteiger partial charge on any atom is 0.254 e. The number of likely N-dealkylation sites (N-methyl/N-ethyl adjacent to an activating group) is 1. The van der Waals surface area contributed by atoms with Crippen LogP contribution < -0.4 is 20.7 Å². The maximum absolute atomic E-state index is 14.8. The number of anilines is 2. The molecule has 0 radical (unpaired) electrons. The number of nitrogens with one attached hydrogen (secondary N) is 1. The number of Topliss-reactive ketones (excluding diaryl/α,β-unsaturated/α-hetero) is 3. The van der Waals surface area contributed by atoms with Gasteiger partial charge in [0.15, 0.2) is 5.78 Å². The third-order valence-electron chi connectivity index (χ3n) is 17.2. The van der Waals surface area contributed by atoms with Crippen molar-refractivity contribution in [2.75, 3.05) is 70.3 Å². The Balaban J connectivity index is 0.710. The van der Waals surface area contributed by atoms with Gasteiger partial charge in [-0.15, -0.1) is 11.8 Å². The van der Waals surface area contributed by atoms with E-state index in [0.29, 0.717) is 84.4 Å². The smallest absolute Gasteiger partial charge is 0.254 e. The normalized spacial score (nSPS) is 20.5. The number of aliphatic imine (C=N–C) groups is 1. The molecule has 1 unspecified atom stereocenters. The SMILES string of the molecule is CN[C@H](C)C(=O)C[C@@H](C(=O)N1CCC[C@@H]1C1=NC(C(=O)c2ccc(C)cc2)CS1)C1CCN(CCCCCCCCC(=O)CCCn2nc3c(c2OC)-c2cnc(N)c(c2)N2CCC[C@@H]2c2cc(F)ccc2C(=O)N(C)C3)CC1. The van der Waals surface area contributed by atoms with Crippen molar-refractivity contribution in [3.05, 3.63) is 88.5 Å². The third-order valence-corrected chi connectivity index (χ3v) is 18.4. The largest absolute Gasteiger partial charge is 0.481 e. The number of pyridine rings is 1. The summed E-state index contributed by atoms with van der Waals surface area (Å²) in [5.74, 6) is 0.968. The minimum atomic E-state index is -0.447. The van der Waals surface area contributed by atoms with Gasteiger partial charge in [-0.25, -0.2) is 14.1 Å². The van der Waals surface area contributed by atoms with Crippen LogP contribution in [0.5, 0.6) is 5.88 Å². The topological polar surface area (TPSA) is 189 Å². The number of nitrogens with two attached hydrogens (primary N) is 1. The fourth-order valence-corrected chi connectivity index (χ4v) is 13.8. The van der Waals surface area contributed by atoms with Gasteiger partial charge in [-0.2, -0.15) is 5.10 Å². The lowest BCUT2D eigenvalue weighted by molar-refractivity contribution is -0.140. The van der Waals surface area contributed by atoms with E-state index in [1.165, 1.54) is 12.1 Å². The molecule has 4 aromatic rings. The summed E-state index contributed by atoms with van der Waals surface area (Å²) in [6.07, 6.45) is 14.8. The summed E-state index contributed by atoms with van der Waals surface area (Å²) in [7, 11) is 5.12. The standard InChI is InChI=1S/C61H81FN10O6S/c1-39-19-21-42(22-20-39)56(75)50-38-79-58(66-50)52-18-14-29-71(52)60(77)47(35-54(74)40(2)64-3)41-25-31-69(32-26-41)27-11-9-7-6-8-10-15-45(73)16-12-30-72-61(78-5)55-43-33-53(57(63)65-36-43)70-28-13-17-51(70)48-34-44(62)23-24-46(48)59(76)68(4)37-49(55)67-72/h19-24,33-34,36,40-41,47,50-52,64H,6-18,25-32,35,37-38H2,1-5H3,(H2,63,65)/t40-,47-,50?,51-,52-/m1/s1. The van der Waals surface area contributed by atoms with Crippen LogP contribution in [0.2, 0.25) is 0 Å². The molecule has 0 aliphatic carbocycles. The molecule has 2 aromatic carbocycles. The Hall–Kier alpha value is -5.98. The minimum absolute atomic E-state index is 0.0209. The van der Waals surface area contributed by atoms with Crippen LogP contribution in [0.15, 0.2) is 59.7 Å². The summed E-state index contributed by atoms with van der Waals surface area (Å²) in [5.41, 5.74) is 12.2. The molecular formula is C61H81FN10O6S. The van der Waals surface area contributed by atoms with E-state index >= 15 is 0 Å². The van der Waals surface area contributed by atoms with Crippen LogP contribution in [0.3, 0.4) is 0 Å². The van der Waals surface area contributed by atoms with E-state index in [9.17, 15) is 28.4 Å². The first-order valence-corrected chi connectivity index (χ1v) is 30.0. The number of hydrogen-bond acceptors (Lipinski definition) is 14. The molecule has 2 aromatic heterocycles. The first kappa shape index (κ1) is 57.7. The average molecular weight is 1100 g/mol. The molecule has 5 aliphatic rings. The van der Waals surface area contributed by atoms with E-state index in [1.807, 2.05) is 49.1 Å². The number of aromatic nitrogens is 3. The highest BCUT2D eigenvalue weighted by molar-refractivity contribution is 8.14.